The molecule has 1 fully saturated rings. The summed E-state index contributed by atoms with van der Waals surface area (Å²) in [6.07, 6.45) is 2.66. The van der Waals surface area contributed by atoms with E-state index in [-0.39, 0.29) is 17.7 Å². The Bertz CT molecular complexity index is 1070. The van der Waals surface area contributed by atoms with Gasteiger partial charge in [-0.05, 0) is 43.2 Å². The molecule has 4 rings (SSSR count). The van der Waals surface area contributed by atoms with Crippen molar-refractivity contribution in [1.29, 1.82) is 0 Å². The number of hydrogen-bond acceptors (Lipinski definition) is 4. The normalized spacial score (nSPS) is 13.3. The maximum Gasteiger partial charge on any atom is 0.259 e. The highest BCUT2D eigenvalue weighted by Crippen LogP contribution is 2.28. The monoisotopic (exact) mass is 392 g/mol. The second-order valence-electron chi connectivity index (χ2n) is 7.26. The molecule has 2 aromatic carbocycles. The molecule has 1 aliphatic rings. The Morgan fingerprint density at radius 3 is 2.76 bits per heavy atom. The molecule has 0 radical (unpaired) electrons. The Kier molecular flexibility index (Phi) is 5.20. The van der Waals surface area contributed by atoms with E-state index < -0.39 is 0 Å². The van der Waals surface area contributed by atoms with Gasteiger partial charge in [0, 0.05) is 31.6 Å². The lowest BCUT2D eigenvalue weighted by atomic mass is 10.2. The predicted molar refractivity (Wildman–Crippen MR) is 111 cm³/mol. The summed E-state index contributed by atoms with van der Waals surface area (Å²) in [7, 11) is 3.50. The molecule has 1 aliphatic carbocycles. The third kappa shape index (κ3) is 4.08. The second kappa shape index (κ2) is 7.95. The van der Waals surface area contributed by atoms with Crippen LogP contribution in [0, 0.1) is 5.92 Å². The van der Waals surface area contributed by atoms with Crippen molar-refractivity contribution in [3.05, 3.63) is 53.9 Å². The highest BCUT2D eigenvalue weighted by atomic mass is 16.5. The molecule has 2 N–H and O–H groups in total. The topological polar surface area (TPSA) is 85.2 Å². The highest BCUT2D eigenvalue weighted by molar-refractivity contribution is 6.06. The lowest BCUT2D eigenvalue weighted by Crippen LogP contribution is -2.27. The van der Waals surface area contributed by atoms with Crippen LogP contribution in [0.25, 0.3) is 11.0 Å². The van der Waals surface area contributed by atoms with Crippen molar-refractivity contribution in [2.24, 2.45) is 13.0 Å². The van der Waals surface area contributed by atoms with Crippen molar-refractivity contribution in [3.63, 3.8) is 0 Å². The van der Waals surface area contributed by atoms with E-state index in [4.69, 9.17) is 4.74 Å². The van der Waals surface area contributed by atoms with Gasteiger partial charge in [-0.25, -0.2) is 4.98 Å². The van der Waals surface area contributed by atoms with Crippen molar-refractivity contribution < 1.29 is 14.3 Å². The third-order valence-electron chi connectivity index (χ3n) is 5.18. The van der Waals surface area contributed by atoms with Crippen LogP contribution < -0.4 is 15.4 Å². The van der Waals surface area contributed by atoms with Gasteiger partial charge in [0.15, 0.2) is 0 Å². The standard InChI is InChI=1S/C22H24N4O3/c1-26-18-10-9-15(24-22(28)16-5-3-4-6-19(16)29-2)13-17(18)25-20(26)11-12-23-21(27)14-7-8-14/h3-6,9-10,13-14H,7-8,11-12H2,1-2H3,(H,23,27)(H,24,28). The molecule has 1 heterocycles. The predicted octanol–water partition coefficient (Wildman–Crippen LogP) is 2.90. The molecule has 0 spiro atoms. The van der Waals surface area contributed by atoms with Crippen LogP contribution in [0.2, 0.25) is 0 Å². The number of aryl methyl sites for hydroxylation is 1. The zero-order valence-electron chi connectivity index (χ0n) is 16.6. The summed E-state index contributed by atoms with van der Waals surface area (Å²) in [4.78, 5) is 29.1. The van der Waals surface area contributed by atoms with Crippen LogP contribution >= 0.6 is 0 Å². The minimum Gasteiger partial charge on any atom is -0.496 e. The van der Waals surface area contributed by atoms with Crippen molar-refractivity contribution in [1.82, 2.24) is 14.9 Å². The molecule has 2 amide bonds. The van der Waals surface area contributed by atoms with Gasteiger partial charge in [-0.2, -0.15) is 0 Å². The summed E-state index contributed by atoms with van der Waals surface area (Å²) in [5.74, 6) is 1.54. The number of hydrogen-bond donors (Lipinski definition) is 2. The van der Waals surface area contributed by atoms with E-state index >= 15 is 0 Å². The Hall–Kier alpha value is -3.35. The molecule has 0 unspecified atom stereocenters. The fraction of sp³-hybridized carbons (Fsp3) is 0.318. The van der Waals surface area contributed by atoms with Crippen molar-refractivity contribution >= 4 is 28.5 Å². The van der Waals surface area contributed by atoms with Gasteiger partial charge in [0.2, 0.25) is 5.91 Å². The molecule has 0 atom stereocenters. The lowest BCUT2D eigenvalue weighted by Gasteiger charge is -2.09. The number of ether oxygens (including phenoxy) is 1. The zero-order valence-corrected chi connectivity index (χ0v) is 16.6. The molecule has 3 aromatic rings. The van der Waals surface area contributed by atoms with Crippen LogP contribution in [0.3, 0.4) is 0 Å². The van der Waals surface area contributed by atoms with Crippen LogP contribution in [0.15, 0.2) is 42.5 Å². The smallest absolute Gasteiger partial charge is 0.259 e. The zero-order chi connectivity index (χ0) is 20.4. The minimum atomic E-state index is -0.235. The summed E-state index contributed by atoms with van der Waals surface area (Å²) in [6.45, 7) is 0.573. The number of benzene rings is 2. The van der Waals surface area contributed by atoms with Crippen molar-refractivity contribution in [3.8, 4) is 5.75 Å². The number of aromatic nitrogens is 2. The van der Waals surface area contributed by atoms with Gasteiger partial charge < -0.3 is 19.9 Å². The number of fused-ring (bicyclic) bond motifs is 1. The van der Waals surface area contributed by atoms with E-state index in [0.29, 0.717) is 30.0 Å². The van der Waals surface area contributed by atoms with Crippen molar-refractivity contribution in [2.45, 2.75) is 19.3 Å². The molecule has 0 saturated heterocycles. The van der Waals surface area contributed by atoms with Crippen LogP contribution in [0.5, 0.6) is 5.75 Å². The van der Waals surface area contributed by atoms with Gasteiger partial charge in [0.25, 0.3) is 5.91 Å². The number of para-hydroxylation sites is 1. The first-order chi connectivity index (χ1) is 14.1. The quantitative estimate of drug-likeness (QED) is 0.647. The van der Waals surface area contributed by atoms with Gasteiger partial charge in [-0.15, -0.1) is 0 Å². The molecular weight excluding hydrogens is 368 g/mol. The Balaban J connectivity index is 1.47. The molecule has 150 valence electrons. The van der Waals surface area contributed by atoms with Crippen LogP contribution in [0.4, 0.5) is 5.69 Å². The first-order valence-electron chi connectivity index (χ1n) is 9.74. The largest absolute Gasteiger partial charge is 0.496 e. The van der Waals surface area contributed by atoms with Gasteiger partial charge in [0.1, 0.15) is 11.6 Å². The maximum atomic E-state index is 12.6. The molecule has 1 saturated carbocycles. The number of anilines is 1. The fourth-order valence-corrected chi connectivity index (χ4v) is 3.37. The molecule has 7 nitrogen and oxygen atoms in total. The summed E-state index contributed by atoms with van der Waals surface area (Å²) >= 11 is 0. The number of nitrogens with zero attached hydrogens (tertiary/aromatic N) is 2. The van der Waals surface area contributed by atoms with Crippen LogP contribution in [0.1, 0.15) is 29.0 Å². The second-order valence-corrected chi connectivity index (χ2v) is 7.26. The van der Waals surface area contributed by atoms with E-state index in [2.05, 4.69) is 15.6 Å². The third-order valence-corrected chi connectivity index (χ3v) is 5.18. The fourth-order valence-electron chi connectivity index (χ4n) is 3.37. The molecule has 7 heteroatoms. The van der Waals surface area contributed by atoms with Gasteiger partial charge in [0.05, 0.1) is 23.7 Å². The number of nitrogens with one attached hydrogen (secondary N) is 2. The molecule has 1 aromatic heterocycles. The first kappa shape index (κ1) is 19.0. The Morgan fingerprint density at radius 1 is 1.21 bits per heavy atom. The van der Waals surface area contributed by atoms with E-state index in [0.717, 1.165) is 29.7 Å². The van der Waals surface area contributed by atoms with E-state index in [1.54, 1.807) is 25.3 Å². The minimum absolute atomic E-state index is 0.144. The van der Waals surface area contributed by atoms with Gasteiger partial charge in [-0.1, -0.05) is 12.1 Å². The summed E-state index contributed by atoms with van der Waals surface area (Å²) in [6, 6.07) is 12.8. The molecule has 0 bridgehead atoms. The number of imidazole rings is 1. The van der Waals surface area contributed by atoms with Crippen molar-refractivity contribution in [2.75, 3.05) is 19.0 Å². The average Bonchev–Trinajstić information content (AvgIpc) is 3.53. The van der Waals surface area contributed by atoms with Crippen LogP contribution in [-0.4, -0.2) is 35.0 Å². The number of carbonyl (C=O) groups excluding carboxylic acids is 2. The maximum absolute atomic E-state index is 12.6. The number of methoxy groups -OCH3 is 1. The van der Waals surface area contributed by atoms with Gasteiger partial charge in [-0.3, -0.25) is 9.59 Å². The number of amides is 2. The van der Waals surface area contributed by atoms with E-state index in [9.17, 15) is 9.59 Å². The Labute approximate surface area is 169 Å². The lowest BCUT2D eigenvalue weighted by molar-refractivity contribution is -0.122. The SMILES string of the molecule is COc1ccccc1C(=O)Nc1ccc2c(c1)nc(CCNC(=O)C1CC1)n2C. The average molecular weight is 392 g/mol. The first-order valence-corrected chi connectivity index (χ1v) is 9.74. The molecular formula is C22H24N4O3. The number of rotatable bonds is 7. The van der Waals surface area contributed by atoms with Gasteiger partial charge >= 0.3 is 0 Å². The van der Waals surface area contributed by atoms with E-state index in [1.807, 2.05) is 35.9 Å². The summed E-state index contributed by atoms with van der Waals surface area (Å²) in [5, 5.41) is 5.88. The summed E-state index contributed by atoms with van der Waals surface area (Å²) in [5.41, 5.74) is 2.92. The molecule has 29 heavy (non-hydrogen) atoms. The highest BCUT2D eigenvalue weighted by Gasteiger charge is 2.29. The summed E-state index contributed by atoms with van der Waals surface area (Å²) < 4.78 is 7.28. The Morgan fingerprint density at radius 2 is 2.00 bits per heavy atom. The molecule has 0 aliphatic heterocycles. The van der Waals surface area contributed by atoms with Crippen LogP contribution in [-0.2, 0) is 18.3 Å². The number of carbonyl (C=O) groups is 2. The van der Waals surface area contributed by atoms with E-state index in [1.165, 1.54) is 0 Å².